The molecule has 0 bridgehead atoms. The van der Waals surface area contributed by atoms with Gasteiger partial charge in [0, 0.05) is 10.0 Å². The Kier molecular flexibility index (Phi) is 2.52. The zero-order valence-corrected chi connectivity index (χ0v) is 11.8. The van der Waals surface area contributed by atoms with Crippen molar-refractivity contribution in [3.05, 3.63) is 28.2 Å². The Morgan fingerprint density at radius 1 is 1.18 bits per heavy atom. The van der Waals surface area contributed by atoms with Crippen molar-refractivity contribution in [3.63, 3.8) is 0 Å². The van der Waals surface area contributed by atoms with Crippen LogP contribution in [-0.2, 0) is 14.8 Å². The molecule has 17 heavy (non-hydrogen) atoms. The largest absolute Gasteiger partial charge is 0.282 e. The summed E-state index contributed by atoms with van der Waals surface area (Å²) in [4.78, 5) is 0. The first-order valence-corrected chi connectivity index (χ1v) is 8.15. The van der Waals surface area contributed by atoms with E-state index in [0.717, 1.165) is 47.8 Å². The summed E-state index contributed by atoms with van der Waals surface area (Å²) >= 11 is 3.43. The lowest BCUT2D eigenvalue weighted by Gasteiger charge is -2.31. The maximum absolute atomic E-state index is 12.4. The van der Waals surface area contributed by atoms with Crippen LogP contribution in [0.2, 0.25) is 0 Å². The normalized spacial score (nSPS) is 24.3. The molecule has 1 heterocycles. The highest BCUT2D eigenvalue weighted by molar-refractivity contribution is 9.10. The summed E-state index contributed by atoms with van der Waals surface area (Å²) in [5, 5.41) is 0. The molecule has 1 spiro atoms. The molecule has 0 atom stereocenters. The van der Waals surface area contributed by atoms with Crippen LogP contribution in [0.4, 0.5) is 5.69 Å². The van der Waals surface area contributed by atoms with Crippen LogP contribution in [0, 0.1) is 0 Å². The number of nitrogens with one attached hydrogen (secondary N) is 1. The van der Waals surface area contributed by atoms with E-state index in [1.165, 1.54) is 0 Å². The lowest BCUT2D eigenvalue weighted by Crippen LogP contribution is -2.36. The molecule has 0 aromatic heterocycles. The van der Waals surface area contributed by atoms with Gasteiger partial charge in [-0.2, -0.15) is 0 Å². The summed E-state index contributed by atoms with van der Waals surface area (Å²) in [7, 11) is -3.26. The fourth-order valence-electron chi connectivity index (χ4n) is 3.03. The van der Waals surface area contributed by atoms with E-state index < -0.39 is 14.8 Å². The zero-order chi connectivity index (χ0) is 12.1. The van der Waals surface area contributed by atoms with Crippen LogP contribution in [0.1, 0.15) is 37.7 Å². The summed E-state index contributed by atoms with van der Waals surface area (Å²) in [6.45, 7) is 0. The second kappa shape index (κ2) is 3.72. The Morgan fingerprint density at radius 3 is 2.59 bits per heavy atom. The van der Waals surface area contributed by atoms with Crippen LogP contribution in [0.5, 0.6) is 0 Å². The molecule has 0 saturated heterocycles. The van der Waals surface area contributed by atoms with E-state index in [4.69, 9.17) is 0 Å². The van der Waals surface area contributed by atoms with Gasteiger partial charge in [0.05, 0.1) is 5.69 Å². The lowest BCUT2D eigenvalue weighted by atomic mass is 9.82. The number of halogens is 1. The van der Waals surface area contributed by atoms with Gasteiger partial charge in [-0.3, -0.25) is 4.72 Å². The number of hydrogen-bond donors (Lipinski definition) is 1. The van der Waals surface area contributed by atoms with Gasteiger partial charge in [0.25, 0.3) is 0 Å². The van der Waals surface area contributed by atoms with Gasteiger partial charge in [-0.1, -0.05) is 35.2 Å². The van der Waals surface area contributed by atoms with Crippen LogP contribution >= 0.6 is 15.9 Å². The van der Waals surface area contributed by atoms with Crippen molar-refractivity contribution < 1.29 is 8.42 Å². The van der Waals surface area contributed by atoms with E-state index in [1.807, 2.05) is 18.2 Å². The highest BCUT2D eigenvalue weighted by Crippen LogP contribution is 2.51. The molecule has 2 aliphatic rings. The molecule has 1 aromatic rings. The third-order valence-corrected chi connectivity index (χ3v) is 6.53. The average molecular weight is 316 g/mol. The Labute approximate surface area is 110 Å². The van der Waals surface area contributed by atoms with E-state index in [-0.39, 0.29) is 0 Å². The maximum atomic E-state index is 12.4. The van der Waals surface area contributed by atoms with Crippen LogP contribution in [-0.4, -0.2) is 8.42 Å². The zero-order valence-electron chi connectivity index (χ0n) is 9.37. The molecule has 1 aromatic carbocycles. The van der Waals surface area contributed by atoms with Gasteiger partial charge in [-0.05, 0) is 31.0 Å². The molecule has 1 aliphatic heterocycles. The van der Waals surface area contributed by atoms with E-state index in [1.54, 1.807) is 0 Å². The van der Waals surface area contributed by atoms with Crippen molar-refractivity contribution in [3.8, 4) is 0 Å². The molecule has 92 valence electrons. The molecule has 5 heteroatoms. The van der Waals surface area contributed by atoms with Gasteiger partial charge in [0.2, 0.25) is 10.0 Å². The van der Waals surface area contributed by atoms with Gasteiger partial charge < -0.3 is 0 Å². The molecule has 1 saturated carbocycles. The van der Waals surface area contributed by atoms with Crippen LogP contribution < -0.4 is 4.72 Å². The molecule has 0 amide bonds. The summed E-state index contributed by atoms with van der Waals surface area (Å²) in [6.07, 6.45) is 4.61. The lowest BCUT2D eigenvalue weighted by molar-refractivity contribution is 0.387. The van der Waals surface area contributed by atoms with Gasteiger partial charge >= 0.3 is 0 Å². The monoisotopic (exact) mass is 315 g/mol. The molecule has 1 N–H and O–H groups in total. The van der Waals surface area contributed by atoms with Gasteiger partial charge in [0.15, 0.2) is 0 Å². The van der Waals surface area contributed by atoms with Gasteiger partial charge in [0.1, 0.15) is 4.75 Å². The molecule has 1 fully saturated rings. The maximum Gasteiger partial charge on any atom is 0.242 e. The highest BCUT2D eigenvalue weighted by atomic mass is 79.9. The Morgan fingerprint density at radius 2 is 1.88 bits per heavy atom. The standard InChI is InChI=1S/C12H14BrNO2S/c13-9-4-5-11-10(8-9)12(17(15,16)14-11)6-2-1-3-7-12/h4-5,8,14H,1-3,6-7H2. The highest BCUT2D eigenvalue weighted by Gasteiger charge is 2.51. The van der Waals surface area contributed by atoms with Gasteiger partial charge in [-0.25, -0.2) is 8.42 Å². The van der Waals surface area contributed by atoms with Crippen molar-refractivity contribution in [1.29, 1.82) is 0 Å². The minimum absolute atomic E-state index is 0.676. The molecule has 0 unspecified atom stereocenters. The second-order valence-electron chi connectivity index (χ2n) is 4.85. The number of anilines is 1. The van der Waals surface area contributed by atoms with Crippen molar-refractivity contribution in [2.45, 2.75) is 36.9 Å². The van der Waals surface area contributed by atoms with Crippen molar-refractivity contribution in [1.82, 2.24) is 0 Å². The molecule has 1 aliphatic carbocycles. The first kappa shape index (κ1) is 11.5. The van der Waals surface area contributed by atoms with Crippen molar-refractivity contribution in [2.75, 3.05) is 4.72 Å². The minimum atomic E-state index is -3.26. The second-order valence-corrected chi connectivity index (χ2v) is 7.76. The SMILES string of the molecule is O=S1(=O)Nc2ccc(Br)cc2C12CCCCC2. The minimum Gasteiger partial charge on any atom is -0.282 e. The smallest absolute Gasteiger partial charge is 0.242 e. The molecule has 3 rings (SSSR count). The fourth-order valence-corrected chi connectivity index (χ4v) is 5.34. The quantitative estimate of drug-likeness (QED) is 0.798. The Bertz CT molecular complexity index is 562. The van der Waals surface area contributed by atoms with E-state index in [2.05, 4.69) is 20.7 Å². The first-order chi connectivity index (χ1) is 8.05. The summed E-state index contributed by atoms with van der Waals surface area (Å²) in [5.74, 6) is 0. The number of hydrogen-bond acceptors (Lipinski definition) is 2. The first-order valence-electron chi connectivity index (χ1n) is 5.88. The van der Waals surface area contributed by atoms with Crippen LogP contribution in [0.3, 0.4) is 0 Å². The van der Waals surface area contributed by atoms with E-state index in [0.29, 0.717) is 0 Å². The van der Waals surface area contributed by atoms with Crippen molar-refractivity contribution >= 4 is 31.6 Å². The van der Waals surface area contributed by atoms with Crippen molar-refractivity contribution in [2.24, 2.45) is 0 Å². The predicted octanol–water partition coefficient (Wildman–Crippen LogP) is 3.36. The third kappa shape index (κ3) is 1.55. The molecule has 0 radical (unpaired) electrons. The van der Waals surface area contributed by atoms with Crippen LogP contribution in [0.25, 0.3) is 0 Å². The Balaban J connectivity index is 2.23. The summed E-state index contributed by atoms with van der Waals surface area (Å²) < 4.78 is 27.7. The fraction of sp³-hybridized carbons (Fsp3) is 0.500. The average Bonchev–Trinajstić information content (AvgIpc) is 2.50. The topological polar surface area (TPSA) is 46.2 Å². The summed E-state index contributed by atoms with van der Waals surface area (Å²) in [5.41, 5.74) is 1.71. The number of fused-ring (bicyclic) bond motifs is 2. The third-order valence-electron chi connectivity index (χ3n) is 3.89. The molecule has 3 nitrogen and oxygen atoms in total. The number of sulfonamides is 1. The summed E-state index contributed by atoms with van der Waals surface area (Å²) in [6, 6.07) is 5.68. The van der Waals surface area contributed by atoms with Crippen LogP contribution in [0.15, 0.2) is 22.7 Å². The van der Waals surface area contributed by atoms with E-state index >= 15 is 0 Å². The van der Waals surface area contributed by atoms with E-state index in [9.17, 15) is 8.42 Å². The number of rotatable bonds is 0. The Hall–Kier alpha value is -0.550. The number of benzene rings is 1. The molecular formula is C12H14BrNO2S. The van der Waals surface area contributed by atoms with Gasteiger partial charge in [-0.15, -0.1) is 0 Å². The molecular weight excluding hydrogens is 302 g/mol. The predicted molar refractivity (Wildman–Crippen MR) is 71.4 cm³/mol.